The monoisotopic (exact) mass is 337 g/mol. The van der Waals surface area contributed by atoms with Crippen LogP contribution in [-0.4, -0.2) is 15.6 Å². The van der Waals surface area contributed by atoms with Gasteiger partial charge in [-0.15, -0.1) is 0 Å². The molecule has 0 unspecified atom stereocenters. The number of para-hydroxylation sites is 1. The molecule has 3 aromatic rings. The van der Waals surface area contributed by atoms with E-state index in [9.17, 15) is 14.0 Å². The lowest BCUT2D eigenvalue weighted by Gasteiger charge is -2.27. The van der Waals surface area contributed by atoms with Crippen LogP contribution in [0.5, 0.6) is 0 Å². The van der Waals surface area contributed by atoms with Crippen molar-refractivity contribution in [3.05, 3.63) is 76.1 Å². The van der Waals surface area contributed by atoms with Crippen LogP contribution in [0.25, 0.3) is 10.9 Å². The Morgan fingerprint density at radius 1 is 1.16 bits per heavy atom. The Morgan fingerprint density at radius 3 is 2.68 bits per heavy atom. The number of hydrogen-bond donors (Lipinski definition) is 1. The lowest BCUT2D eigenvalue weighted by Crippen LogP contribution is -2.38. The van der Waals surface area contributed by atoms with Crippen LogP contribution in [0.1, 0.15) is 41.4 Å². The topological polar surface area (TPSA) is 64.0 Å². The summed E-state index contributed by atoms with van der Waals surface area (Å²) in [6, 6.07) is 12.4. The number of aromatic nitrogens is 2. The zero-order valence-corrected chi connectivity index (χ0v) is 13.4. The summed E-state index contributed by atoms with van der Waals surface area (Å²) in [4.78, 5) is 29.9. The average molecular weight is 337 g/mol. The van der Waals surface area contributed by atoms with Crippen LogP contribution in [0.2, 0.25) is 0 Å². The number of halogens is 1. The average Bonchev–Trinajstić information content (AvgIpc) is 2.56. The molecular formula is C19H16FN3O2. The van der Waals surface area contributed by atoms with Crippen molar-refractivity contribution in [2.24, 2.45) is 0 Å². The summed E-state index contributed by atoms with van der Waals surface area (Å²) in [7, 11) is 0. The van der Waals surface area contributed by atoms with Gasteiger partial charge < -0.3 is 0 Å². The SMILES string of the molecule is O=C(Nn1c(C2CCC2)nc2ccccc2c1=O)c1cccc(F)c1. The minimum atomic E-state index is -0.542. The molecule has 1 saturated carbocycles. The maximum atomic E-state index is 13.4. The maximum Gasteiger partial charge on any atom is 0.280 e. The van der Waals surface area contributed by atoms with Crippen molar-refractivity contribution in [1.29, 1.82) is 0 Å². The molecule has 1 aliphatic carbocycles. The number of fused-ring (bicyclic) bond motifs is 1. The number of benzene rings is 2. The van der Waals surface area contributed by atoms with Gasteiger partial charge in [0.05, 0.1) is 10.9 Å². The number of amides is 1. The molecular weight excluding hydrogens is 321 g/mol. The van der Waals surface area contributed by atoms with Gasteiger partial charge in [0.15, 0.2) is 0 Å². The first-order valence-electron chi connectivity index (χ1n) is 8.22. The number of hydrogen-bond acceptors (Lipinski definition) is 3. The summed E-state index contributed by atoms with van der Waals surface area (Å²) in [6.07, 6.45) is 2.94. The highest BCUT2D eigenvalue weighted by molar-refractivity contribution is 6.00. The van der Waals surface area contributed by atoms with E-state index in [2.05, 4.69) is 10.4 Å². The predicted octanol–water partition coefficient (Wildman–Crippen LogP) is 3.19. The van der Waals surface area contributed by atoms with Crippen LogP contribution >= 0.6 is 0 Å². The fourth-order valence-electron chi connectivity index (χ4n) is 2.99. The fraction of sp³-hybridized carbons (Fsp3) is 0.211. The molecule has 126 valence electrons. The van der Waals surface area contributed by atoms with E-state index in [1.54, 1.807) is 18.2 Å². The van der Waals surface area contributed by atoms with Gasteiger partial charge >= 0.3 is 0 Å². The second kappa shape index (κ2) is 6.12. The molecule has 0 saturated heterocycles. The van der Waals surface area contributed by atoms with Crippen molar-refractivity contribution >= 4 is 16.8 Å². The lowest BCUT2D eigenvalue weighted by molar-refractivity contribution is 0.100. The normalized spacial score (nSPS) is 14.3. The van der Waals surface area contributed by atoms with Crippen molar-refractivity contribution in [2.45, 2.75) is 25.2 Å². The number of rotatable bonds is 3. The number of nitrogens with zero attached hydrogens (tertiary/aromatic N) is 2. The van der Waals surface area contributed by atoms with Gasteiger partial charge in [-0.3, -0.25) is 15.0 Å². The van der Waals surface area contributed by atoms with Crippen molar-refractivity contribution in [3.63, 3.8) is 0 Å². The Morgan fingerprint density at radius 2 is 1.96 bits per heavy atom. The van der Waals surface area contributed by atoms with Crippen LogP contribution in [0.4, 0.5) is 4.39 Å². The van der Waals surface area contributed by atoms with Gasteiger partial charge in [0.2, 0.25) is 0 Å². The van der Waals surface area contributed by atoms with Crippen molar-refractivity contribution < 1.29 is 9.18 Å². The molecule has 0 aliphatic heterocycles. The Kier molecular flexibility index (Phi) is 3.80. The zero-order valence-electron chi connectivity index (χ0n) is 13.4. The zero-order chi connectivity index (χ0) is 17.4. The van der Waals surface area contributed by atoms with E-state index in [1.165, 1.54) is 22.9 Å². The van der Waals surface area contributed by atoms with Gasteiger partial charge in [-0.05, 0) is 43.2 Å². The van der Waals surface area contributed by atoms with Gasteiger partial charge in [-0.1, -0.05) is 24.6 Å². The molecule has 25 heavy (non-hydrogen) atoms. The summed E-state index contributed by atoms with van der Waals surface area (Å²) >= 11 is 0. The fourth-order valence-corrected chi connectivity index (χ4v) is 2.99. The highest BCUT2D eigenvalue weighted by Crippen LogP contribution is 2.35. The Balaban J connectivity index is 1.81. The first kappa shape index (κ1) is 15.5. The predicted molar refractivity (Wildman–Crippen MR) is 92.7 cm³/mol. The smallest absolute Gasteiger partial charge is 0.267 e. The molecule has 1 fully saturated rings. The highest BCUT2D eigenvalue weighted by Gasteiger charge is 2.26. The van der Waals surface area contributed by atoms with E-state index < -0.39 is 11.7 Å². The summed E-state index contributed by atoms with van der Waals surface area (Å²) in [5.74, 6) is -0.347. The number of carbonyl (C=O) groups excluding carboxylic acids is 1. The van der Waals surface area contributed by atoms with Crippen molar-refractivity contribution in [2.75, 3.05) is 5.43 Å². The van der Waals surface area contributed by atoms with Crippen molar-refractivity contribution in [3.8, 4) is 0 Å². The van der Waals surface area contributed by atoms with Crippen LogP contribution in [0.3, 0.4) is 0 Å². The molecule has 1 N–H and O–H groups in total. The number of nitrogens with one attached hydrogen (secondary N) is 1. The quantitative estimate of drug-likeness (QED) is 0.798. The van der Waals surface area contributed by atoms with E-state index in [0.717, 1.165) is 25.3 Å². The molecule has 0 bridgehead atoms. The van der Waals surface area contributed by atoms with Gasteiger partial charge in [0, 0.05) is 11.5 Å². The first-order valence-corrected chi connectivity index (χ1v) is 8.22. The maximum absolute atomic E-state index is 13.4. The highest BCUT2D eigenvalue weighted by atomic mass is 19.1. The van der Waals surface area contributed by atoms with E-state index in [4.69, 9.17) is 0 Å². The van der Waals surface area contributed by atoms with Crippen molar-refractivity contribution in [1.82, 2.24) is 9.66 Å². The standard InChI is InChI=1S/C19H16FN3O2/c20-14-8-4-7-13(11-14)18(24)22-23-17(12-5-3-6-12)21-16-10-2-1-9-15(16)19(23)25/h1-2,4,7-12H,3,5-6H2,(H,22,24). The van der Waals surface area contributed by atoms with Crippen LogP contribution in [-0.2, 0) is 0 Å². The molecule has 1 amide bonds. The van der Waals surface area contributed by atoms with Gasteiger partial charge in [0.25, 0.3) is 11.5 Å². The molecule has 1 heterocycles. The second-order valence-corrected chi connectivity index (χ2v) is 6.21. The molecule has 1 aliphatic rings. The third-order valence-electron chi connectivity index (χ3n) is 4.57. The lowest BCUT2D eigenvalue weighted by atomic mass is 9.84. The second-order valence-electron chi connectivity index (χ2n) is 6.21. The molecule has 0 atom stereocenters. The van der Waals surface area contributed by atoms with Crippen LogP contribution < -0.4 is 11.0 Å². The van der Waals surface area contributed by atoms with Gasteiger partial charge in [-0.25, -0.2) is 14.1 Å². The molecule has 5 nitrogen and oxygen atoms in total. The third kappa shape index (κ3) is 2.80. The van der Waals surface area contributed by atoms with E-state index >= 15 is 0 Å². The minimum absolute atomic E-state index is 0.144. The van der Waals surface area contributed by atoms with E-state index in [-0.39, 0.29) is 17.0 Å². The van der Waals surface area contributed by atoms with Crippen LogP contribution in [0, 0.1) is 5.82 Å². The van der Waals surface area contributed by atoms with E-state index in [1.807, 2.05) is 6.07 Å². The molecule has 1 aromatic heterocycles. The molecule has 0 radical (unpaired) electrons. The largest absolute Gasteiger partial charge is 0.280 e. The minimum Gasteiger partial charge on any atom is -0.267 e. The molecule has 4 rings (SSSR count). The summed E-state index contributed by atoms with van der Waals surface area (Å²) in [5.41, 5.74) is 3.05. The summed E-state index contributed by atoms with van der Waals surface area (Å²) < 4.78 is 14.6. The van der Waals surface area contributed by atoms with Gasteiger partial charge in [-0.2, -0.15) is 0 Å². The first-order chi connectivity index (χ1) is 12.1. The van der Waals surface area contributed by atoms with Crippen LogP contribution in [0.15, 0.2) is 53.3 Å². The summed E-state index contributed by atoms with van der Waals surface area (Å²) in [5, 5.41) is 0.435. The Labute approximate surface area is 143 Å². The number of carbonyl (C=O) groups is 1. The third-order valence-corrected chi connectivity index (χ3v) is 4.57. The summed E-state index contributed by atoms with van der Waals surface area (Å²) in [6.45, 7) is 0. The molecule has 6 heteroatoms. The Hall–Kier alpha value is -3.02. The molecule has 0 spiro atoms. The molecule has 2 aromatic carbocycles. The van der Waals surface area contributed by atoms with Gasteiger partial charge in [0.1, 0.15) is 11.6 Å². The Bertz CT molecular complexity index is 1020. The van der Waals surface area contributed by atoms with E-state index in [0.29, 0.717) is 16.7 Å².